The van der Waals surface area contributed by atoms with Gasteiger partial charge in [-0.05, 0) is 6.07 Å². The molecule has 2 aromatic heterocycles. The van der Waals surface area contributed by atoms with E-state index < -0.39 is 0 Å². The first-order valence-electron chi connectivity index (χ1n) is 5.70. The van der Waals surface area contributed by atoms with E-state index in [1.54, 1.807) is 25.1 Å². The summed E-state index contributed by atoms with van der Waals surface area (Å²) in [7, 11) is 1.65. The zero-order chi connectivity index (χ0) is 12.8. The van der Waals surface area contributed by atoms with E-state index in [0.29, 0.717) is 11.6 Å². The Labute approximate surface area is 110 Å². The van der Waals surface area contributed by atoms with Crippen molar-refractivity contribution in [1.82, 2.24) is 15.1 Å². The van der Waals surface area contributed by atoms with Gasteiger partial charge in [0.15, 0.2) is 5.82 Å². The summed E-state index contributed by atoms with van der Waals surface area (Å²) in [5.74, 6) is 3.74. The maximum Gasteiger partial charge on any atom is 0.236 e. The third-order valence-corrected chi connectivity index (χ3v) is 3.28. The molecule has 0 radical (unpaired) electrons. The van der Waals surface area contributed by atoms with E-state index in [1.807, 2.05) is 19.1 Å². The van der Waals surface area contributed by atoms with Crippen LogP contribution in [0.4, 0.5) is 0 Å². The highest BCUT2D eigenvalue weighted by atomic mass is 32.2. The van der Waals surface area contributed by atoms with Gasteiger partial charge in [0, 0.05) is 24.4 Å². The predicted octanol–water partition coefficient (Wildman–Crippen LogP) is 2.47. The molecule has 2 rings (SSSR count). The van der Waals surface area contributed by atoms with Crippen molar-refractivity contribution >= 4 is 11.8 Å². The SMILES string of the molecule is CCc1noc(CSCc2cc(OC)ccn2)n1. The van der Waals surface area contributed by atoms with Crippen molar-refractivity contribution < 1.29 is 9.26 Å². The largest absolute Gasteiger partial charge is 0.497 e. The summed E-state index contributed by atoms with van der Waals surface area (Å²) in [6.45, 7) is 2.00. The van der Waals surface area contributed by atoms with Gasteiger partial charge in [0.05, 0.1) is 18.6 Å². The standard InChI is InChI=1S/C12H15N3O2S/c1-3-11-14-12(17-15-11)8-18-7-9-6-10(16-2)4-5-13-9/h4-6H,3,7-8H2,1-2H3. The molecule has 0 saturated carbocycles. The summed E-state index contributed by atoms with van der Waals surface area (Å²) in [6.07, 6.45) is 2.54. The minimum absolute atomic E-state index is 0.666. The summed E-state index contributed by atoms with van der Waals surface area (Å²) >= 11 is 1.69. The van der Waals surface area contributed by atoms with Crippen LogP contribution >= 0.6 is 11.8 Å². The normalized spacial score (nSPS) is 10.6. The zero-order valence-corrected chi connectivity index (χ0v) is 11.2. The van der Waals surface area contributed by atoms with Gasteiger partial charge in [0.25, 0.3) is 0 Å². The average molecular weight is 265 g/mol. The van der Waals surface area contributed by atoms with Gasteiger partial charge >= 0.3 is 0 Å². The first kappa shape index (κ1) is 12.9. The summed E-state index contributed by atoms with van der Waals surface area (Å²) in [6, 6.07) is 3.76. The molecule has 0 amide bonds. The molecule has 6 heteroatoms. The van der Waals surface area contributed by atoms with Crippen molar-refractivity contribution in [3.05, 3.63) is 35.7 Å². The summed E-state index contributed by atoms with van der Waals surface area (Å²) in [5, 5.41) is 3.85. The van der Waals surface area contributed by atoms with E-state index in [0.717, 1.165) is 29.4 Å². The van der Waals surface area contributed by atoms with Crippen LogP contribution in [0, 0.1) is 0 Å². The second-order valence-electron chi connectivity index (χ2n) is 3.64. The highest BCUT2D eigenvalue weighted by molar-refractivity contribution is 7.97. The molecule has 0 atom stereocenters. The third-order valence-electron chi connectivity index (χ3n) is 2.33. The molecule has 18 heavy (non-hydrogen) atoms. The molecule has 0 aliphatic carbocycles. The molecule has 0 spiro atoms. The highest BCUT2D eigenvalue weighted by Gasteiger charge is 2.05. The number of aromatic nitrogens is 3. The molecule has 0 aliphatic rings. The van der Waals surface area contributed by atoms with Crippen molar-refractivity contribution in [2.75, 3.05) is 7.11 Å². The minimum Gasteiger partial charge on any atom is -0.497 e. The second-order valence-corrected chi connectivity index (χ2v) is 4.62. The molecule has 5 nitrogen and oxygen atoms in total. The number of thioether (sulfide) groups is 1. The Morgan fingerprint density at radius 3 is 3.00 bits per heavy atom. The van der Waals surface area contributed by atoms with Crippen molar-refractivity contribution in [1.29, 1.82) is 0 Å². The van der Waals surface area contributed by atoms with Crippen molar-refractivity contribution in [3.8, 4) is 5.75 Å². The van der Waals surface area contributed by atoms with Crippen LogP contribution in [0.15, 0.2) is 22.9 Å². The van der Waals surface area contributed by atoms with Crippen LogP contribution in [-0.4, -0.2) is 22.2 Å². The Hall–Kier alpha value is -1.56. The Balaban J connectivity index is 1.84. The molecule has 0 N–H and O–H groups in total. The fourth-order valence-electron chi connectivity index (χ4n) is 1.40. The monoisotopic (exact) mass is 265 g/mol. The van der Waals surface area contributed by atoms with E-state index in [4.69, 9.17) is 9.26 Å². The maximum atomic E-state index is 5.15. The average Bonchev–Trinajstić information content (AvgIpc) is 2.87. The number of methoxy groups -OCH3 is 1. The molecule has 0 unspecified atom stereocenters. The van der Waals surface area contributed by atoms with Crippen LogP contribution in [-0.2, 0) is 17.9 Å². The van der Waals surface area contributed by atoms with Crippen LogP contribution in [0.5, 0.6) is 5.75 Å². The first-order valence-corrected chi connectivity index (χ1v) is 6.85. The van der Waals surface area contributed by atoms with Gasteiger partial charge in [0.1, 0.15) is 5.75 Å². The summed E-state index contributed by atoms with van der Waals surface area (Å²) < 4.78 is 10.3. The number of rotatable bonds is 6. The van der Waals surface area contributed by atoms with E-state index >= 15 is 0 Å². The third kappa shape index (κ3) is 3.46. The number of hydrogen-bond acceptors (Lipinski definition) is 6. The summed E-state index contributed by atoms with van der Waals surface area (Å²) in [4.78, 5) is 8.52. The molecule has 2 aromatic rings. The second kappa shape index (κ2) is 6.39. The van der Waals surface area contributed by atoms with E-state index in [2.05, 4.69) is 15.1 Å². The number of nitrogens with zero attached hydrogens (tertiary/aromatic N) is 3. The lowest BCUT2D eigenvalue weighted by Gasteiger charge is -2.02. The lowest BCUT2D eigenvalue weighted by atomic mass is 10.3. The summed E-state index contributed by atoms with van der Waals surface area (Å²) in [5.41, 5.74) is 0.981. The quantitative estimate of drug-likeness (QED) is 0.799. The number of aryl methyl sites for hydroxylation is 1. The maximum absolute atomic E-state index is 5.15. The van der Waals surface area contributed by atoms with E-state index in [-0.39, 0.29) is 0 Å². The number of ether oxygens (including phenoxy) is 1. The van der Waals surface area contributed by atoms with Gasteiger partial charge < -0.3 is 9.26 Å². The fraction of sp³-hybridized carbons (Fsp3) is 0.417. The number of pyridine rings is 1. The Kier molecular flexibility index (Phi) is 4.58. The van der Waals surface area contributed by atoms with Crippen molar-refractivity contribution in [2.45, 2.75) is 24.9 Å². The lowest BCUT2D eigenvalue weighted by molar-refractivity contribution is 0.385. The van der Waals surface area contributed by atoms with Gasteiger partial charge in [-0.15, -0.1) is 11.8 Å². The van der Waals surface area contributed by atoms with Crippen molar-refractivity contribution in [3.63, 3.8) is 0 Å². The molecule has 0 aromatic carbocycles. The zero-order valence-electron chi connectivity index (χ0n) is 10.4. The van der Waals surface area contributed by atoms with Gasteiger partial charge in [-0.3, -0.25) is 4.98 Å². The molecular formula is C12H15N3O2S. The number of hydrogen-bond donors (Lipinski definition) is 0. The molecule has 0 bridgehead atoms. The van der Waals surface area contributed by atoms with Crippen LogP contribution in [0.1, 0.15) is 24.3 Å². The molecular weight excluding hydrogens is 250 g/mol. The molecule has 0 aliphatic heterocycles. The predicted molar refractivity (Wildman–Crippen MR) is 69.5 cm³/mol. The van der Waals surface area contributed by atoms with E-state index in [1.165, 1.54) is 0 Å². The van der Waals surface area contributed by atoms with Gasteiger partial charge in [-0.25, -0.2) is 0 Å². The van der Waals surface area contributed by atoms with Crippen LogP contribution in [0.25, 0.3) is 0 Å². The molecule has 96 valence electrons. The van der Waals surface area contributed by atoms with Gasteiger partial charge in [0.2, 0.25) is 5.89 Å². The Bertz CT molecular complexity index is 502. The Morgan fingerprint density at radius 1 is 1.39 bits per heavy atom. The molecule has 0 saturated heterocycles. The topological polar surface area (TPSA) is 61.0 Å². The molecule has 0 fully saturated rings. The Morgan fingerprint density at radius 2 is 2.28 bits per heavy atom. The molecule has 2 heterocycles. The first-order chi connectivity index (χ1) is 8.81. The van der Waals surface area contributed by atoms with Crippen LogP contribution in [0.2, 0.25) is 0 Å². The highest BCUT2D eigenvalue weighted by Crippen LogP contribution is 2.18. The van der Waals surface area contributed by atoms with E-state index in [9.17, 15) is 0 Å². The van der Waals surface area contributed by atoms with Crippen molar-refractivity contribution in [2.24, 2.45) is 0 Å². The minimum atomic E-state index is 0.666. The fourth-order valence-corrected chi connectivity index (χ4v) is 2.16. The van der Waals surface area contributed by atoms with Gasteiger partial charge in [-0.2, -0.15) is 4.98 Å². The lowest BCUT2D eigenvalue weighted by Crippen LogP contribution is -1.90. The van der Waals surface area contributed by atoms with Crippen LogP contribution < -0.4 is 4.74 Å². The van der Waals surface area contributed by atoms with Gasteiger partial charge in [-0.1, -0.05) is 12.1 Å². The van der Waals surface area contributed by atoms with Crippen LogP contribution in [0.3, 0.4) is 0 Å². The smallest absolute Gasteiger partial charge is 0.236 e.